The van der Waals surface area contributed by atoms with Gasteiger partial charge in [0.15, 0.2) is 5.96 Å². The zero-order chi connectivity index (χ0) is 18.9. The van der Waals surface area contributed by atoms with Crippen LogP contribution in [0.25, 0.3) is 0 Å². The van der Waals surface area contributed by atoms with Crippen LogP contribution in [0, 0.1) is 6.92 Å². The van der Waals surface area contributed by atoms with E-state index in [4.69, 9.17) is 9.41 Å². The molecule has 6 nitrogen and oxygen atoms in total. The van der Waals surface area contributed by atoms with Gasteiger partial charge in [0.05, 0.1) is 23.9 Å². The molecule has 2 aromatic heterocycles. The number of thiazole rings is 1. The number of aromatic nitrogens is 1. The number of likely N-dealkylation sites (tertiary alicyclic amines) is 1. The highest BCUT2D eigenvalue weighted by atomic mass is 32.1. The van der Waals surface area contributed by atoms with E-state index in [9.17, 15) is 0 Å². The molecule has 3 rings (SSSR count). The van der Waals surface area contributed by atoms with Gasteiger partial charge in [-0.15, -0.1) is 11.3 Å². The molecule has 7 heteroatoms. The number of hydrogen-bond acceptors (Lipinski definition) is 5. The Balaban J connectivity index is 1.60. The fourth-order valence-corrected chi connectivity index (χ4v) is 4.21. The minimum Gasteiger partial charge on any atom is -0.468 e. The summed E-state index contributed by atoms with van der Waals surface area (Å²) in [6.45, 7) is 8.79. The number of nitrogens with one attached hydrogen (secondary N) is 2. The second kappa shape index (κ2) is 10.5. The summed E-state index contributed by atoms with van der Waals surface area (Å²) >= 11 is 1.76. The monoisotopic (exact) mass is 389 g/mol. The number of piperidine rings is 1. The molecule has 0 aliphatic carbocycles. The molecule has 2 N–H and O–H groups in total. The standard InChI is InChI=1S/C20H31N5OS/c1-3-21-20(22-10-9-19-23-14-16(2)27-19)24-15-17(18-8-7-13-26-18)25-11-5-4-6-12-25/h7-8,13-14,17H,3-6,9-12,15H2,1-2H3,(H2,21,22,24). The second-order valence-electron chi connectivity index (χ2n) is 6.89. The number of nitrogens with zero attached hydrogens (tertiary/aromatic N) is 3. The first-order chi connectivity index (χ1) is 13.3. The van der Waals surface area contributed by atoms with Crippen molar-refractivity contribution in [2.75, 3.05) is 32.7 Å². The van der Waals surface area contributed by atoms with Crippen LogP contribution in [0.5, 0.6) is 0 Å². The molecule has 27 heavy (non-hydrogen) atoms. The Labute approximate surface area is 166 Å². The predicted molar refractivity (Wildman–Crippen MR) is 111 cm³/mol. The van der Waals surface area contributed by atoms with Crippen LogP contribution in [0.15, 0.2) is 34.0 Å². The lowest BCUT2D eigenvalue weighted by molar-refractivity contribution is 0.150. The fraction of sp³-hybridized carbons (Fsp3) is 0.600. The Hall–Kier alpha value is -1.86. The summed E-state index contributed by atoms with van der Waals surface area (Å²) in [5, 5.41) is 7.95. The molecule has 0 bridgehead atoms. The van der Waals surface area contributed by atoms with E-state index in [1.165, 1.54) is 24.1 Å². The van der Waals surface area contributed by atoms with Crippen molar-refractivity contribution < 1.29 is 4.42 Å². The maximum atomic E-state index is 5.72. The highest BCUT2D eigenvalue weighted by Gasteiger charge is 2.24. The Bertz CT molecular complexity index is 691. The van der Waals surface area contributed by atoms with Gasteiger partial charge in [0.25, 0.3) is 0 Å². The number of aryl methyl sites for hydroxylation is 1. The predicted octanol–water partition coefficient (Wildman–Crippen LogP) is 3.37. The molecular weight excluding hydrogens is 358 g/mol. The third kappa shape index (κ3) is 6.07. The van der Waals surface area contributed by atoms with Gasteiger partial charge in [0, 0.05) is 30.6 Å². The summed E-state index contributed by atoms with van der Waals surface area (Å²) in [6, 6.07) is 4.24. The van der Waals surface area contributed by atoms with E-state index in [1.807, 2.05) is 12.3 Å². The summed E-state index contributed by atoms with van der Waals surface area (Å²) in [7, 11) is 0. The first kappa shape index (κ1) is 19.9. The minimum atomic E-state index is 0.206. The summed E-state index contributed by atoms with van der Waals surface area (Å²) < 4.78 is 5.72. The van der Waals surface area contributed by atoms with Crippen LogP contribution in [0.2, 0.25) is 0 Å². The number of rotatable bonds is 8. The van der Waals surface area contributed by atoms with Gasteiger partial charge in [-0.25, -0.2) is 4.98 Å². The molecular formula is C20H31N5OS. The van der Waals surface area contributed by atoms with E-state index in [0.29, 0.717) is 6.54 Å². The number of furan rings is 1. The van der Waals surface area contributed by atoms with Crippen LogP contribution in [0.1, 0.15) is 47.9 Å². The van der Waals surface area contributed by atoms with Crippen molar-refractivity contribution in [3.05, 3.63) is 40.2 Å². The smallest absolute Gasteiger partial charge is 0.191 e. The van der Waals surface area contributed by atoms with Gasteiger partial charge in [-0.1, -0.05) is 6.42 Å². The van der Waals surface area contributed by atoms with Gasteiger partial charge < -0.3 is 15.1 Å². The number of guanidine groups is 1. The minimum absolute atomic E-state index is 0.206. The molecule has 0 radical (unpaired) electrons. The summed E-state index contributed by atoms with van der Waals surface area (Å²) in [5.74, 6) is 1.87. The van der Waals surface area contributed by atoms with Gasteiger partial charge in [0.2, 0.25) is 0 Å². The van der Waals surface area contributed by atoms with Gasteiger partial charge >= 0.3 is 0 Å². The normalized spacial score (nSPS) is 17.0. The average molecular weight is 390 g/mol. The van der Waals surface area contributed by atoms with Crippen LogP contribution < -0.4 is 10.6 Å². The van der Waals surface area contributed by atoms with Gasteiger partial charge in [0.1, 0.15) is 5.76 Å². The number of aliphatic imine (C=N–C) groups is 1. The van der Waals surface area contributed by atoms with E-state index in [2.05, 4.69) is 40.4 Å². The lowest BCUT2D eigenvalue weighted by Gasteiger charge is -2.32. The molecule has 3 heterocycles. The SMILES string of the molecule is CCNC(=NCC(c1ccco1)N1CCCCC1)NCCc1ncc(C)s1. The molecule has 2 aromatic rings. The molecule has 1 fully saturated rings. The quantitative estimate of drug-likeness (QED) is 0.535. The summed E-state index contributed by atoms with van der Waals surface area (Å²) in [4.78, 5) is 13.0. The molecule has 1 aliphatic rings. The molecule has 1 aliphatic heterocycles. The van der Waals surface area contributed by atoms with Crippen molar-refractivity contribution in [1.82, 2.24) is 20.5 Å². The van der Waals surface area contributed by atoms with E-state index in [-0.39, 0.29) is 6.04 Å². The van der Waals surface area contributed by atoms with Crippen molar-refractivity contribution in [3.8, 4) is 0 Å². The van der Waals surface area contributed by atoms with E-state index in [1.54, 1.807) is 17.6 Å². The third-order valence-corrected chi connectivity index (χ3v) is 5.74. The maximum absolute atomic E-state index is 5.72. The molecule has 148 valence electrons. The Kier molecular flexibility index (Phi) is 7.71. The Morgan fingerprint density at radius 1 is 1.33 bits per heavy atom. The van der Waals surface area contributed by atoms with Crippen LogP contribution in [-0.2, 0) is 6.42 Å². The van der Waals surface area contributed by atoms with Crippen molar-refractivity contribution in [1.29, 1.82) is 0 Å². The van der Waals surface area contributed by atoms with Gasteiger partial charge in [-0.05, 0) is 51.9 Å². The lowest BCUT2D eigenvalue weighted by Crippen LogP contribution is -2.40. The first-order valence-corrected chi connectivity index (χ1v) is 10.8. The molecule has 0 aromatic carbocycles. The van der Waals surface area contributed by atoms with Crippen LogP contribution in [-0.4, -0.2) is 48.6 Å². The summed E-state index contributed by atoms with van der Waals surface area (Å²) in [6.07, 6.45) is 8.45. The maximum Gasteiger partial charge on any atom is 0.191 e. The van der Waals surface area contributed by atoms with Crippen LogP contribution in [0.4, 0.5) is 0 Å². The molecule has 0 amide bonds. The zero-order valence-corrected chi connectivity index (χ0v) is 17.2. The summed E-state index contributed by atoms with van der Waals surface area (Å²) in [5.41, 5.74) is 0. The molecule has 1 saturated heterocycles. The van der Waals surface area contributed by atoms with E-state index in [0.717, 1.165) is 49.3 Å². The Morgan fingerprint density at radius 2 is 2.19 bits per heavy atom. The number of hydrogen-bond donors (Lipinski definition) is 2. The van der Waals surface area contributed by atoms with E-state index >= 15 is 0 Å². The lowest BCUT2D eigenvalue weighted by atomic mass is 10.1. The van der Waals surface area contributed by atoms with Crippen molar-refractivity contribution >= 4 is 17.3 Å². The van der Waals surface area contributed by atoms with Crippen molar-refractivity contribution in [2.24, 2.45) is 4.99 Å². The molecule has 0 spiro atoms. The van der Waals surface area contributed by atoms with Crippen LogP contribution in [0.3, 0.4) is 0 Å². The third-order valence-electron chi connectivity index (χ3n) is 4.77. The topological polar surface area (TPSA) is 65.7 Å². The largest absolute Gasteiger partial charge is 0.468 e. The first-order valence-electron chi connectivity index (χ1n) is 9.97. The highest BCUT2D eigenvalue weighted by molar-refractivity contribution is 7.11. The molecule has 1 unspecified atom stereocenters. The average Bonchev–Trinajstić information content (AvgIpc) is 3.35. The van der Waals surface area contributed by atoms with E-state index < -0.39 is 0 Å². The van der Waals surface area contributed by atoms with Crippen LogP contribution >= 0.6 is 11.3 Å². The van der Waals surface area contributed by atoms with Gasteiger partial charge in [-0.2, -0.15) is 0 Å². The second-order valence-corrected chi connectivity index (χ2v) is 8.21. The highest BCUT2D eigenvalue weighted by Crippen LogP contribution is 2.25. The van der Waals surface area contributed by atoms with Gasteiger partial charge in [-0.3, -0.25) is 9.89 Å². The Morgan fingerprint density at radius 3 is 2.85 bits per heavy atom. The zero-order valence-electron chi connectivity index (χ0n) is 16.4. The molecule has 0 saturated carbocycles. The molecule has 1 atom stereocenters. The van der Waals surface area contributed by atoms with Crippen molar-refractivity contribution in [3.63, 3.8) is 0 Å². The van der Waals surface area contributed by atoms with Crippen molar-refractivity contribution in [2.45, 2.75) is 45.6 Å². The fourth-order valence-electron chi connectivity index (χ4n) is 3.42.